The Bertz CT molecular complexity index is 410. The molecule has 16 heavy (non-hydrogen) atoms. The molecule has 5 heteroatoms. The Morgan fingerprint density at radius 2 is 1.62 bits per heavy atom. The first-order valence-electron chi connectivity index (χ1n) is 4.81. The van der Waals surface area contributed by atoms with Gasteiger partial charge in [-0.25, -0.2) is 23.8 Å². The molecule has 0 atom stereocenters. The van der Waals surface area contributed by atoms with Crippen LogP contribution in [-0.4, -0.2) is 22.2 Å². The number of rotatable bonds is 1. The molecule has 0 bridgehead atoms. The summed E-state index contributed by atoms with van der Waals surface area (Å²) < 4.78 is 40.0. The lowest BCUT2D eigenvalue weighted by Crippen LogP contribution is -2.25. The second-order valence-corrected chi connectivity index (χ2v) is 9.27. The Balaban J connectivity index is 3.50. The van der Waals surface area contributed by atoms with Crippen LogP contribution in [0.2, 0.25) is 0 Å². The highest BCUT2D eigenvalue weighted by molar-refractivity contribution is 8.33. The van der Waals surface area contributed by atoms with Crippen molar-refractivity contribution in [2.24, 2.45) is 0 Å². The number of pyridine rings is 1. The van der Waals surface area contributed by atoms with E-state index in [9.17, 15) is 13.2 Å². The highest BCUT2D eigenvalue weighted by Gasteiger charge is 2.35. The van der Waals surface area contributed by atoms with Gasteiger partial charge in [-0.05, 0) is 17.3 Å². The van der Waals surface area contributed by atoms with Crippen molar-refractivity contribution in [1.82, 2.24) is 4.98 Å². The van der Waals surface area contributed by atoms with E-state index in [1.165, 1.54) is 0 Å². The average molecular weight is 251 g/mol. The van der Waals surface area contributed by atoms with Crippen molar-refractivity contribution in [2.45, 2.75) is 30.4 Å². The van der Waals surface area contributed by atoms with Gasteiger partial charge in [0.15, 0.2) is 11.6 Å². The summed E-state index contributed by atoms with van der Waals surface area (Å²) in [6, 6.07) is 0. The van der Waals surface area contributed by atoms with E-state index in [2.05, 4.69) is 4.98 Å². The van der Waals surface area contributed by atoms with Crippen LogP contribution in [0.1, 0.15) is 20.8 Å². The zero-order valence-corrected chi connectivity index (χ0v) is 10.9. The molecule has 1 aromatic rings. The van der Waals surface area contributed by atoms with E-state index in [1.807, 2.05) is 20.8 Å². The lowest BCUT2D eigenvalue weighted by Gasteiger charge is -2.44. The molecule has 0 saturated heterocycles. The van der Waals surface area contributed by atoms with Crippen LogP contribution in [0.3, 0.4) is 0 Å². The smallest absolute Gasteiger partial charge is 0.223 e. The van der Waals surface area contributed by atoms with Crippen LogP contribution in [0, 0.1) is 17.6 Å². The number of hydrogen-bond donors (Lipinski definition) is 0. The molecule has 0 aromatic carbocycles. The maximum atomic E-state index is 13.6. The fraction of sp³-hybridized carbons (Fsp3) is 0.545. The van der Waals surface area contributed by atoms with Crippen molar-refractivity contribution in [1.29, 1.82) is 0 Å². The molecular weight excluding hydrogens is 235 g/mol. The van der Waals surface area contributed by atoms with Crippen molar-refractivity contribution in [3.05, 3.63) is 23.8 Å². The van der Waals surface area contributed by atoms with E-state index in [4.69, 9.17) is 0 Å². The van der Waals surface area contributed by atoms with E-state index < -0.39 is 27.6 Å². The summed E-state index contributed by atoms with van der Waals surface area (Å²) in [4.78, 5) is 2.87. The maximum absolute atomic E-state index is 13.6. The predicted octanol–water partition coefficient (Wildman–Crippen LogP) is 3.72. The van der Waals surface area contributed by atoms with Crippen LogP contribution >= 0.6 is 10.0 Å². The first-order chi connectivity index (χ1) is 7.09. The molecule has 0 spiro atoms. The molecule has 0 aliphatic heterocycles. The van der Waals surface area contributed by atoms with Crippen molar-refractivity contribution in [3.63, 3.8) is 0 Å². The Morgan fingerprint density at radius 3 is 2.06 bits per heavy atom. The van der Waals surface area contributed by atoms with Gasteiger partial charge in [0, 0.05) is 0 Å². The predicted molar refractivity (Wildman–Crippen MR) is 61.6 cm³/mol. The summed E-state index contributed by atoms with van der Waals surface area (Å²) >= 11 is 0. The lowest BCUT2D eigenvalue weighted by molar-refractivity contribution is 0.437. The third-order valence-corrected chi connectivity index (χ3v) is 7.39. The monoisotopic (exact) mass is 251 g/mol. The molecule has 0 amide bonds. The minimum absolute atomic E-state index is 0.160. The van der Waals surface area contributed by atoms with Crippen LogP contribution in [0.25, 0.3) is 0 Å². The first-order valence-corrected chi connectivity index (χ1v) is 7.26. The molecule has 1 aromatic heterocycles. The van der Waals surface area contributed by atoms with Crippen LogP contribution in [0.15, 0.2) is 11.1 Å². The van der Waals surface area contributed by atoms with Crippen LogP contribution < -0.4 is 0 Å². The zero-order chi connectivity index (χ0) is 12.7. The van der Waals surface area contributed by atoms with Gasteiger partial charge in [0.25, 0.3) is 0 Å². The van der Waals surface area contributed by atoms with Crippen LogP contribution in [-0.2, 0) is 0 Å². The maximum Gasteiger partial charge on any atom is 0.250 e. The Hall–Kier alpha value is -0.710. The highest BCUT2D eigenvalue weighted by Crippen LogP contribution is 2.60. The van der Waals surface area contributed by atoms with Crippen LogP contribution in [0.5, 0.6) is 0 Å². The molecular formula is C11H16F3NS. The van der Waals surface area contributed by atoms with E-state index in [-0.39, 0.29) is 9.64 Å². The lowest BCUT2D eigenvalue weighted by atomic mass is 10.3. The molecule has 1 nitrogen and oxygen atoms in total. The van der Waals surface area contributed by atoms with Gasteiger partial charge in [0.05, 0.1) is 11.1 Å². The molecule has 0 N–H and O–H groups in total. The Labute approximate surface area is 95.4 Å². The topological polar surface area (TPSA) is 12.9 Å². The zero-order valence-electron chi connectivity index (χ0n) is 10.1. The number of nitrogens with zero attached hydrogens (tertiary/aromatic N) is 1. The van der Waals surface area contributed by atoms with Gasteiger partial charge < -0.3 is 0 Å². The molecule has 0 unspecified atom stereocenters. The summed E-state index contributed by atoms with van der Waals surface area (Å²) in [5.41, 5.74) is 0. The molecule has 1 rings (SSSR count). The number of hydrogen-bond acceptors (Lipinski definition) is 1. The molecule has 92 valence electrons. The van der Waals surface area contributed by atoms with Gasteiger partial charge in [-0.2, -0.15) is 4.39 Å². The summed E-state index contributed by atoms with van der Waals surface area (Å²) in [6.45, 7) is 5.67. The molecule has 0 radical (unpaired) electrons. The molecule has 1 heterocycles. The van der Waals surface area contributed by atoms with Crippen molar-refractivity contribution < 1.29 is 13.2 Å². The average Bonchev–Trinajstić information content (AvgIpc) is 2.10. The van der Waals surface area contributed by atoms with E-state index >= 15 is 0 Å². The summed E-state index contributed by atoms with van der Waals surface area (Å²) in [6.07, 6.45) is 4.29. The standard InChI is InChI=1S/C11H16F3NS/c1-11(2,3)16(4,5)9-7(12)6-15-10(14)8(9)13/h6H,1-5H3. The minimum atomic E-state index is -1.79. The van der Waals surface area contributed by atoms with Crippen LogP contribution in [0.4, 0.5) is 13.2 Å². The van der Waals surface area contributed by atoms with Crippen molar-refractivity contribution in [3.8, 4) is 0 Å². The van der Waals surface area contributed by atoms with Gasteiger partial charge in [-0.3, -0.25) is 0 Å². The summed E-state index contributed by atoms with van der Waals surface area (Å²) in [7, 11) is -1.79. The van der Waals surface area contributed by atoms with Gasteiger partial charge in [-0.1, -0.05) is 20.8 Å². The minimum Gasteiger partial charge on any atom is -0.223 e. The first kappa shape index (κ1) is 13.4. The van der Waals surface area contributed by atoms with Gasteiger partial charge >= 0.3 is 0 Å². The third kappa shape index (κ3) is 2.05. The van der Waals surface area contributed by atoms with Gasteiger partial charge in [0.1, 0.15) is 0 Å². The van der Waals surface area contributed by atoms with Crippen molar-refractivity contribution in [2.75, 3.05) is 12.5 Å². The molecule has 0 aliphatic rings. The van der Waals surface area contributed by atoms with Crippen molar-refractivity contribution >= 4 is 10.0 Å². The third-order valence-electron chi connectivity index (χ3n) is 2.93. The Kier molecular flexibility index (Phi) is 3.29. The number of aromatic nitrogens is 1. The van der Waals surface area contributed by atoms with E-state index in [0.29, 0.717) is 0 Å². The summed E-state index contributed by atoms with van der Waals surface area (Å²) in [5, 5.41) is 0. The fourth-order valence-corrected chi connectivity index (χ4v) is 2.89. The SMILES string of the molecule is CC(C)(C)S(C)(C)c1c(F)cnc(F)c1F. The van der Waals surface area contributed by atoms with E-state index in [0.717, 1.165) is 6.20 Å². The molecule has 0 saturated carbocycles. The largest absolute Gasteiger partial charge is 0.250 e. The molecule has 0 aliphatic carbocycles. The summed E-state index contributed by atoms with van der Waals surface area (Å²) in [5.74, 6) is -3.16. The quantitative estimate of drug-likeness (QED) is 0.693. The second kappa shape index (κ2) is 3.95. The second-order valence-electron chi connectivity index (χ2n) is 4.98. The molecule has 0 fully saturated rings. The fourth-order valence-electron chi connectivity index (χ4n) is 1.20. The van der Waals surface area contributed by atoms with E-state index in [1.54, 1.807) is 12.5 Å². The van der Waals surface area contributed by atoms with Gasteiger partial charge in [0.2, 0.25) is 5.95 Å². The number of halogens is 3. The normalized spacial score (nSPS) is 14.0. The highest BCUT2D eigenvalue weighted by atomic mass is 32.3. The van der Waals surface area contributed by atoms with Gasteiger partial charge in [-0.15, -0.1) is 0 Å². The Morgan fingerprint density at radius 1 is 1.12 bits per heavy atom.